The van der Waals surface area contributed by atoms with Gasteiger partial charge in [-0.25, -0.2) is 4.79 Å². The third kappa shape index (κ3) is 5.21. The summed E-state index contributed by atoms with van der Waals surface area (Å²) >= 11 is 0. The Labute approximate surface area is 149 Å². The Kier molecular flexibility index (Phi) is 6.39. The van der Waals surface area contributed by atoms with Gasteiger partial charge >= 0.3 is 5.97 Å². The van der Waals surface area contributed by atoms with Crippen LogP contribution in [-0.4, -0.2) is 38.6 Å². The molecular formula is C20H26N2O3. The molecule has 134 valence electrons. The maximum Gasteiger partial charge on any atom is 0.328 e. The summed E-state index contributed by atoms with van der Waals surface area (Å²) < 4.78 is 4.78. The highest BCUT2D eigenvalue weighted by molar-refractivity contribution is 5.89. The van der Waals surface area contributed by atoms with Crippen molar-refractivity contribution in [2.45, 2.75) is 26.3 Å². The van der Waals surface area contributed by atoms with Crippen LogP contribution in [0.25, 0.3) is 10.8 Å². The zero-order valence-corrected chi connectivity index (χ0v) is 15.3. The van der Waals surface area contributed by atoms with E-state index in [1.54, 1.807) is 0 Å². The van der Waals surface area contributed by atoms with E-state index in [0.29, 0.717) is 6.42 Å². The third-order valence-electron chi connectivity index (χ3n) is 4.08. The fraction of sp³-hybridized carbons (Fsp3) is 0.400. The monoisotopic (exact) mass is 342 g/mol. The largest absolute Gasteiger partial charge is 0.467 e. The topological polar surface area (TPSA) is 58.6 Å². The number of amides is 1. The summed E-state index contributed by atoms with van der Waals surface area (Å²) in [4.78, 5) is 26.0. The van der Waals surface area contributed by atoms with Gasteiger partial charge in [-0.3, -0.25) is 4.79 Å². The summed E-state index contributed by atoms with van der Waals surface area (Å²) in [6.45, 7) is 4.18. The smallest absolute Gasteiger partial charge is 0.328 e. The van der Waals surface area contributed by atoms with Crippen molar-refractivity contribution in [3.63, 3.8) is 0 Å². The van der Waals surface area contributed by atoms with Crippen LogP contribution < -0.4 is 10.2 Å². The Bertz CT molecular complexity index is 743. The molecular weight excluding hydrogens is 316 g/mol. The van der Waals surface area contributed by atoms with Crippen molar-refractivity contribution in [1.82, 2.24) is 5.32 Å². The first-order valence-electron chi connectivity index (χ1n) is 8.48. The lowest BCUT2D eigenvalue weighted by atomic mass is 10.0. The lowest BCUT2D eigenvalue weighted by molar-refractivity contribution is -0.145. The van der Waals surface area contributed by atoms with E-state index in [-0.39, 0.29) is 18.4 Å². The molecule has 2 aromatic rings. The molecule has 2 aromatic carbocycles. The van der Waals surface area contributed by atoms with E-state index >= 15 is 0 Å². The summed E-state index contributed by atoms with van der Waals surface area (Å²) in [7, 11) is 3.20. The molecule has 5 nitrogen and oxygen atoms in total. The van der Waals surface area contributed by atoms with Crippen molar-refractivity contribution in [1.29, 1.82) is 0 Å². The standard InChI is InChI=1S/C20H26N2O3/c1-14(2)11-18(20(24)25-4)21-19(23)13-22(3)17-10-9-15-7-5-6-8-16(15)12-17/h5-10,12,14,18H,11,13H2,1-4H3,(H,21,23)/t18-/m0/s1. The van der Waals surface area contributed by atoms with Crippen LogP contribution in [0.1, 0.15) is 20.3 Å². The predicted octanol–water partition coefficient (Wildman–Crippen LogP) is 2.98. The van der Waals surface area contributed by atoms with Gasteiger partial charge in [-0.05, 0) is 35.2 Å². The number of nitrogens with one attached hydrogen (secondary N) is 1. The molecule has 0 fully saturated rings. The number of carbonyl (C=O) groups is 2. The number of esters is 1. The minimum absolute atomic E-state index is 0.171. The minimum atomic E-state index is -0.609. The lowest BCUT2D eigenvalue weighted by Crippen LogP contribution is -2.46. The summed E-state index contributed by atoms with van der Waals surface area (Å²) in [5.74, 6) is -0.329. The van der Waals surface area contributed by atoms with Gasteiger partial charge in [0.1, 0.15) is 6.04 Å². The summed E-state index contributed by atoms with van der Waals surface area (Å²) in [5.41, 5.74) is 0.951. The average Bonchev–Trinajstić information content (AvgIpc) is 2.59. The van der Waals surface area contributed by atoms with Crippen LogP contribution in [0.2, 0.25) is 0 Å². The molecule has 0 aliphatic rings. The molecule has 0 heterocycles. The molecule has 0 saturated heterocycles. The number of fused-ring (bicyclic) bond motifs is 1. The van der Waals surface area contributed by atoms with Gasteiger partial charge in [0, 0.05) is 12.7 Å². The molecule has 1 amide bonds. The summed E-state index contributed by atoms with van der Waals surface area (Å²) in [6.07, 6.45) is 0.554. The Morgan fingerprint density at radius 2 is 1.80 bits per heavy atom. The molecule has 0 bridgehead atoms. The summed E-state index contributed by atoms with van der Waals surface area (Å²) in [5, 5.41) is 5.07. The molecule has 0 unspecified atom stereocenters. The van der Waals surface area contributed by atoms with Gasteiger partial charge in [-0.1, -0.05) is 44.2 Å². The Hall–Kier alpha value is -2.56. The molecule has 1 atom stereocenters. The van der Waals surface area contributed by atoms with Gasteiger partial charge in [-0.2, -0.15) is 0 Å². The van der Waals surface area contributed by atoms with Crippen LogP contribution in [0, 0.1) is 5.92 Å². The van der Waals surface area contributed by atoms with Crippen molar-refractivity contribution in [3.8, 4) is 0 Å². The van der Waals surface area contributed by atoms with Crippen molar-refractivity contribution in [3.05, 3.63) is 42.5 Å². The first-order valence-corrected chi connectivity index (χ1v) is 8.48. The number of methoxy groups -OCH3 is 1. The quantitative estimate of drug-likeness (QED) is 0.786. The number of rotatable bonds is 7. The minimum Gasteiger partial charge on any atom is -0.467 e. The molecule has 0 radical (unpaired) electrons. The SMILES string of the molecule is COC(=O)[C@H](CC(C)C)NC(=O)CN(C)c1ccc2ccccc2c1. The fourth-order valence-corrected chi connectivity index (χ4v) is 2.79. The molecule has 5 heteroatoms. The third-order valence-corrected chi connectivity index (χ3v) is 4.08. The number of nitrogens with zero attached hydrogens (tertiary/aromatic N) is 1. The van der Waals surface area contributed by atoms with E-state index in [0.717, 1.165) is 16.5 Å². The normalized spacial score (nSPS) is 12.0. The summed E-state index contributed by atoms with van der Waals surface area (Å²) in [6, 6.07) is 13.6. The maximum absolute atomic E-state index is 12.3. The Balaban J connectivity index is 2.03. The van der Waals surface area contributed by atoms with Gasteiger partial charge in [0.25, 0.3) is 0 Å². The zero-order valence-electron chi connectivity index (χ0n) is 15.3. The second kappa shape index (κ2) is 8.51. The fourth-order valence-electron chi connectivity index (χ4n) is 2.79. The van der Waals surface area contributed by atoms with Gasteiger partial charge in [0.2, 0.25) is 5.91 Å². The highest BCUT2D eigenvalue weighted by atomic mass is 16.5. The lowest BCUT2D eigenvalue weighted by Gasteiger charge is -2.22. The molecule has 0 aromatic heterocycles. The molecule has 1 N–H and O–H groups in total. The first-order chi connectivity index (χ1) is 11.9. The number of anilines is 1. The van der Waals surface area contributed by atoms with Crippen LogP contribution in [0.5, 0.6) is 0 Å². The molecule has 0 aliphatic carbocycles. The zero-order chi connectivity index (χ0) is 18.4. The first kappa shape index (κ1) is 18.8. The second-order valence-electron chi connectivity index (χ2n) is 6.66. The van der Waals surface area contributed by atoms with Crippen LogP contribution in [0.15, 0.2) is 42.5 Å². The number of hydrogen-bond donors (Lipinski definition) is 1. The number of carbonyl (C=O) groups excluding carboxylic acids is 2. The van der Waals surface area contributed by atoms with Gasteiger partial charge < -0.3 is 15.0 Å². The van der Waals surface area contributed by atoms with Gasteiger partial charge in [-0.15, -0.1) is 0 Å². The maximum atomic E-state index is 12.3. The Morgan fingerprint density at radius 3 is 2.44 bits per heavy atom. The van der Waals surface area contributed by atoms with Crippen LogP contribution in [0.3, 0.4) is 0 Å². The van der Waals surface area contributed by atoms with E-state index in [1.165, 1.54) is 7.11 Å². The van der Waals surface area contributed by atoms with Crippen LogP contribution in [0.4, 0.5) is 5.69 Å². The number of hydrogen-bond acceptors (Lipinski definition) is 4. The average molecular weight is 342 g/mol. The van der Waals surface area contributed by atoms with E-state index in [9.17, 15) is 9.59 Å². The van der Waals surface area contributed by atoms with E-state index in [2.05, 4.69) is 17.4 Å². The number of likely N-dealkylation sites (N-methyl/N-ethyl adjacent to an activating group) is 1. The molecule has 0 spiro atoms. The van der Waals surface area contributed by atoms with Crippen LogP contribution >= 0.6 is 0 Å². The van der Waals surface area contributed by atoms with Gasteiger partial charge in [0.05, 0.1) is 13.7 Å². The van der Waals surface area contributed by atoms with Crippen molar-refractivity contribution in [2.24, 2.45) is 5.92 Å². The highest BCUT2D eigenvalue weighted by Gasteiger charge is 2.23. The van der Waals surface area contributed by atoms with Gasteiger partial charge in [0.15, 0.2) is 0 Å². The molecule has 2 rings (SSSR count). The number of ether oxygens (including phenoxy) is 1. The van der Waals surface area contributed by atoms with E-state index in [1.807, 2.05) is 56.1 Å². The van der Waals surface area contributed by atoms with Crippen molar-refractivity contribution < 1.29 is 14.3 Å². The molecule has 25 heavy (non-hydrogen) atoms. The second-order valence-corrected chi connectivity index (χ2v) is 6.66. The molecule has 0 aliphatic heterocycles. The van der Waals surface area contributed by atoms with Crippen LogP contribution in [-0.2, 0) is 14.3 Å². The van der Waals surface area contributed by atoms with E-state index in [4.69, 9.17) is 4.74 Å². The molecule has 0 saturated carbocycles. The van der Waals surface area contributed by atoms with Crippen molar-refractivity contribution in [2.75, 3.05) is 25.6 Å². The van der Waals surface area contributed by atoms with Crippen molar-refractivity contribution >= 4 is 28.3 Å². The Morgan fingerprint density at radius 1 is 1.12 bits per heavy atom. The van der Waals surface area contributed by atoms with E-state index < -0.39 is 12.0 Å². The number of benzene rings is 2. The highest BCUT2D eigenvalue weighted by Crippen LogP contribution is 2.21. The predicted molar refractivity (Wildman–Crippen MR) is 101 cm³/mol.